The Labute approximate surface area is 148 Å². The zero-order valence-electron chi connectivity index (χ0n) is 15.5. The predicted molar refractivity (Wildman–Crippen MR) is 101 cm³/mol. The van der Waals surface area contributed by atoms with Gasteiger partial charge in [-0.25, -0.2) is 0 Å². The molecule has 0 aromatic heterocycles. The second-order valence-corrected chi connectivity index (χ2v) is 6.72. The van der Waals surface area contributed by atoms with E-state index >= 15 is 0 Å². The Kier molecular flexibility index (Phi) is 10.6. The summed E-state index contributed by atoms with van der Waals surface area (Å²) in [5.74, 6) is 0. The van der Waals surface area contributed by atoms with Crippen molar-refractivity contribution in [2.45, 2.75) is 90.9 Å². The first kappa shape index (κ1) is 20.2. The summed E-state index contributed by atoms with van der Waals surface area (Å²) in [6.07, 6.45) is 14.7. The minimum atomic E-state index is 0.538. The third-order valence-corrected chi connectivity index (χ3v) is 4.68. The molecular formula is C22H32N2. The second-order valence-electron chi connectivity index (χ2n) is 6.72. The van der Waals surface area contributed by atoms with Crippen LogP contribution < -0.4 is 0 Å². The summed E-state index contributed by atoms with van der Waals surface area (Å²) in [4.78, 5) is 0. The maximum atomic E-state index is 9.28. The van der Waals surface area contributed by atoms with E-state index in [4.69, 9.17) is 0 Å². The van der Waals surface area contributed by atoms with E-state index in [-0.39, 0.29) is 0 Å². The highest BCUT2D eigenvalue weighted by Crippen LogP contribution is 2.21. The molecule has 24 heavy (non-hydrogen) atoms. The van der Waals surface area contributed by atoms with E-state index < -0.39 is 0 Å². The summed E-state index contributed by atoms with van der Waals surface area (Å²) in [7, 11) is 0. The predicted octanol–water partition coefficient (Wildman–Crippen LogP) is 6.46. The lowest BCUT2D eigenvalue weighted by molar-refractivity contribution is 0.620. The third-order valence-electron chi connectivity index (χ3n) is 4.68. The molecule has 0 N–H and O–H groups in total. The molecule has 2 heteroatoms. The summed E-state index contributed by atoms with van der Waals surface area (Å²) < 4.78 is 0. The number of aryl methyl sites for hydroxylation is 2. The van der Waals surface area contributed by atoms with E-state index in [2.05, 4.69) is 26.0 Å². The van der Waals surface area contributed by atoms with Crippen LogP contribution in [0, 0.1) is 22.7 Å². The van der Waals surface area contributed by atoms with Gasteiger partial charge >= 0.3 is 0 Å². The lowest BCUT2D eigenvalue weighted by Gasteiger charge is -2.12. The Bertz CT molecular complexity index is 510. The average Bonchev–Trinajstić information content (AvgIpc) is 2.61. The fraction of sp³-hybridized carbons (Fsp3) is 0.636. The second kappa shape index (κ2) is 12.6. The van der Waals surface area contributed by atoms with Gasteiger partial charge in [-0.1, -0.05) is 65.2 Å². The molecule has 0 atom stereocenters. The highest BCUT2D eigenvalue weighted by Gasteiger charge is 2.10. The number of benzene rings is 1. The molecule has 2 nitrogen and oxygen atoms in total. The van der Waals surface area contributed by atoms with E-state index in [0.717, 1.165) is 12.8 Å². The van der Waals surface area contributed by atoms with Crippen LogP contribution in [0.3, 0.4) is 0 Å². The summed E-state index contributed by atoms with van der Waals surface area (Å²) in [6, 6.07) is 8.32. The van der Waals surface area contributed by atoms with Crippen LogP contribution in [0.4, 0.5) is 0 Å². The maximum absolute atomic E-state index is 9.28. The molecule has 130 valence electrons. The minimum absolute atomic E-state index is 0.538. The summed E-state index contributed by atoms with van der Waals surface area (Å²) in [5.41, 5.74) is 3.65. The van der Waals surface area contributed by atoms with Gasteiger partial charge in [-0.3, -0.25) is 0 Å². The number of hydrogen-bond donors (Lipinski definition) is 0. The highest BCUT2D eigenvalue weighted by molar-refractivity contribution is 5.50. The Morgan fingerprint density at radius 2 is 1.00 bits per heavy atom. The van der Waals surface area contributed by atoms with Gasteiger partial charge in [0.05, 0.1) is 11.1 Å². The average molecular weight is 325 g/mol. The Balaban J connectivity index is 2.73. The number of unbranched alkanes of at least 4 members (excludes halogenated alkanes) is 8. The zero-order chi connectivity index (χ0) is 17.6. The van der Waals surface area contributed by atoms with Crippen LogP contribution in [0.15, 0.2) is 12.1 Å². The van der Waals surface area contributed by atoms with E-state index in [9.17, 15) is 10.5 Å². The molecule has 0 saturated heterocycles. The van der Waals surface area contributed by atoms with Crippen molar-refractivity contribution >= 4 is 0 Å². The van der Waals surface area contributed by atoms with Crippen LogP contribution in [-0.2, 0) is 12.8 Å². The largest absolute Gasteiger partial charge is 0.192 e. The fourth-order valence-corrected chi connectivity index (χ4v) is 3.18. The van der Waals surface area contributed by atoms with Gasteiger partial charge in [0.2, 0.25) is 0 Å². The normalized spacial score (nSPS) is 10.3. The lowest BCUT2D eigenvalue weighted by atomic mass is 9.92. The fourth-order valence-electron chi connectivity index (χ4n) is 3.18. The molecule has 1 rings (SSSR count). The van der Waals surface area contributed by atoms with Gasteiger partial charge in [0.1, 0.15) is 12.1 Å². The molecule has 0 fully saturated rings. The molecule has 0 bridgehead atoms. The molecule has 0 spiro atoms. The maximum Gasteiger partial charge on any atom is 0.101 e. The van der Waals surface area contributed by atoms with Gasteiger partial charge in [0, 0.05) is 0 Å². The summed E-state index contributed by atoms with van der Waals surface area (Å²) in [5, 5.41) is 18.6. The first-order valence-electron chi connectivity index (χ1n) is 9.72. The van der Waals surface area contributed by atoms with Crippen LogP contribution in [0.25, 0.3) is 0 Å². The van der Waals surface area contributed by atoms with Gasteiger partial charge in [-0.05, 0) is 48.9 Å². The number of rotatable bonds is 12. The van der Waals surface area contributed by atoms with Crippen molar-refractivity contribution in [2.75, 3.05) is 0 Å². The van der Waals surface area contributed by atoms with E-state index in [1.165, 1.54) is 75.3 Å². The van der Waals surface area contributed by atoms with Crippen molar-refractivity contribution < 1.29 is 0 Å². The zero-order valence-corrected chi connectivity index (χ0v) is 15.5. The first-order valence-corrected chi connectivity index (χ1v) is 9.72. The van der Waals surface area contributed by atoms with Crippen molar-refractivity contribution in [3.63, 3.8) is 0 Å². The van der Waals surface area contributed by atoms with Crippen LogP contribution in [-0.4, -0.2) is 0 Å². The molecule has 1 aromatic carbocycles. The van der Waals surface area contributed by atoms with Crippen LogP contribution in [0.5, 0.6) is 0 Å². The van der Waals surface area contributed by atoms with E-state index in [1.807, 2.05) is 12.1 Å². The number of nitriles is 2. The monoisotopic (exact) mass is 324 g/mol. The summed E-state index contributed by atoms with van der Waals surface area (Å²) in [6.45, 7) is 4.47. The molecule has 1 aromatic rings. The van der Waals surface area contributed by atoms with Gasteiger partial charge in [0.25, 0.3) is 0 Å². The third kappa shape index (κ3) is 7.18. The van der Waals surface area contributed by atoms with Crippen LogP contribution in [0.1, 0.15) is 100 Å². The SMILES string of the molecule is CCCCCCCc1cc(C#N)c(C#N)cc1CCCCCCC. The smallest absolute Gasteiger partial charge is 0.101 e. The lowest BCUT2D eigenvalue weighted by Crippen LogP contribution is -1.99. The molecule has 0 heterocycles. The van der Waals surface area contributed by atoms with Gasteiger partial charge in [-0.15, -0.1) is 0 Å². The topological polar surface area (TPSA) is 47.6 Å². The molecule has 0 saturated carbocycles. The molecule has 0 radical (unpaired) electrons. The van der Waals surface area contributed by atoms with Crippen molar-refractivity contribution in [1.82, 2.24) is 0 Å². The number of hydrogen-bond acceptors (Lipinski definition) is 2. The quantitative estimate of drug-likeness (QED) is 0.414. The molecule has 0 aliphatic rings. The molecule has 0 aliphatic heterocycles. The van der Waals surface area contributed by atoms with Crippen molar-refractivity contribution in [3.8, 4) is 12.1 Å². The highest BCUT2D eigenvalue weighted by atomic mass is 14.3. The van der Waals surface area contributed by atoms with Crippen molar-refractivity contribution in [2.24, 2.45) is 0 Å². The molecular weight excluding hydrogens is 292 g/mol. The Hall–Kier alpha value is -1.80. The Morgan fingerprint density at radius 1 is 0.625 bits per heavy atom. The molecule has 0 unspecified atom stereocenters. The van der Waals surface area contributed by atoms with Crippen molar-refractivity contribution in [1.29, 1.82) is 10.5 Å². The molecule has 0 aliphatic carbocycles. The Morgan fingerprint density at radius 3 is 1.33 bits per heavy atom. The van der Waals surface area contributed by atoms with Crippen LogP contribution >= 0.6 is 0 Å². The van der Waals surface area contributed by atoms with E-state index in [0.29, 0.717) is 11.1 Å². The first-order chi connectivity index (χ1) is 11.8. The van der Waals surface area contributed by atoms with Crippen LogP contribution in [0.2, 0.25) is 0 Å². The van der Waals surface area contributed by atoms with Gasteiger partial charge in [-0.2, -0.15) is 10.5 Å². The number of nitrogens with zero attached hydrogens (tertiary/aromatic N) is 2. The minimum Gasteiger partial charge on any atom is -0.192 e. The van der Waals surface area contributed by atoms with Gasteiger partial charge < -0.3 is 0 Å². The molecule has 0 amide bonds. The summed E-state index contributed by atoms with van der Waals surface area (Å²) >= 11 is 0. The van der Waals surface area contributed by atoms with E-state index in [1.54, 1.807) is 0 Å². The van der Waals surface area contributed by atoms with Gasteiger partial charge in [0.15, 0.2) is 0 Å². The van der Waals surface area contributed by atoms with Crippen molar-refractivity contribution in [3.05, 3.63) is 34.4 Å². The standard InChI is InChI=1S/C22H32N2/c1-3-5-7-9-11-13-19-15-21(17-23)22(18-24)16-20(19)14-12-10-8-6-4-2/h15-16H,3-14H2,1-2H3.